The molecule has 8 heteroatoms. The summed E-state index contributed by atoms with van der Waals surface area (Å²) in [6.45, 7) is 0.201. The third-order valence-electron chi connectivity index (χ3n) is 8.57. The second-order valence-corrected chi connectivity index (χ2v) is 10.9. The van der Waals surface area contributed by atoms with E-state index >= 15 is 0 Å². The maximum atomic E-state index is 13.4. The number of carbonyl (C=O) groups is 2. The van der Waals surface area contributed by atoms with Crippen LogP contribution in [0.1, 0.15) is 70.6 Å². The average molecular weight is 545 g/mol. The molecular formula is C32H27F3N2O3. The first-order valence-corrected chi connectivity index (χ1v) is 13.5. The van der Waals surface area contributed by atoms with E-state index in [0.717, 1.165) is 40.8 Å². The topological polar surface area (TPSA) is 70.4 Å². The smallest absolute Gasteiger partial charge is 0.416 e. The number of halogens is 3. The molecule has 5 nitrogen and oxygen atoms in total. The zero-order valence-corrected chi connectivity index (χ0v) is 21.7. The van der Waals surface area contributed by atoms with Crippen LogP contribution >= 0.6 is 0 Å². The van der Waals surface area contributed by atoms with Gasteiger partial charge in [0.25, 0.3) is 0 Å². The van der Waals surface area contributed by atoms with Gasteiger partial charge in [0, 0.05) is 29.5 Å². The molecule has 2 saturated heterocycles. The number of ether oxygens (including phenoxy) is 1. The van der Waals surface area contributed by atoms with Gasteiger partial charge in [-0.15, -0.1) is 0 Å². The van der Waals surface area contributed by atoms with Crippen molar-refractivity contribution in [3.63, 3.8) is 0 Å². The molecule has 1 aliphatic carbocycles. The zero-order valence-electron chi connectivity index (χ0n) is 21.7. The summed E-state index contributed by atoms with van der Waals surface area (Å²) in [4.78, 5) is 28.6. The summed E-state index contributed by atoms with van der Waals surface area (Å²) in [5.41, 5.74) is 3.22. The summed E-state index contributed by atoms with van der Waals surface area (Å²) < 4.78 is 46.1. The number of alkyl halides is 3. The number of hydrogen-bond donors (Lipinski definition) is 0. The molecular weight excluding hydrogens is 517 g/mol. The molecule has 204 valence electrons. The van der Waals surface area contributed by atoms with Gasteiger partial charge in [-0.1, -0.05) is 48.5 Å². The van der Waals surface area contributed by atoms with E-state index in [1.165, 1.54) is 6.07 Å². The van der Waals surface area contributed by atoms with Crippen LogP contribution in [-0.2, 0) is 10.9 Å². The van der Waals surface area contributed by atoms with E-state index in [2.05, 4.69) is 24.3 Å². The lowest BCUT2D eigenvalue weighted by Gasteiger charge is -2.47. The number of amides is 1. The quantitative estimate of drug-likeness (QED) is 0.322. The van der Waals surface area contributed by atoms with Crippen LogP contribution in [0.25, 0.3) is 11.1 Å². The minimum absolute atomic E-state index is 0.0643. The average Bonchev–Trinajstić information content (AvgIpc) is 3.27. The molecule has 2 fully saturated rings. The van der Waals surface area contributed by atoms with E-state index in [1.54, 1.807) is 11.0 Å². The summed E-state index contributed by atoms with van der Waals surface area (Å²) in [7, 11) is 0. The second-order valence-electron chi connectivity index (χ2n) is 10.9. The molecule has 1 amide bonds. The number of hydrogen-bond acceptors (Lipinski definition) is 4. The normalized spacial score (nSPS) is 21.8. The predicted molar refractivity (Wildman–Crippen MR) is 142 cm³/mol. The van der Waals surface area contributed by atoms with Crippen molar-refractivity contribution >= 4 is 11.9 Å². The zero-order chi connectivity index (χ0) is 28.0. The van der Waals surface area contributed by atoms with Crippen LogP contribution in [0.3, 0.4) is 0 Å². The SMILES string of the molecule is N#Cc1cc(C(=O)C2CC3CCCC(C2)N3C(=O)OCC2c3ccccc3-c3ccccc32)cc(C(F)(F)F)c1. The minimum atomic E-state index is -4.66. The minimum Gasteiger partial charge on any atom is -0.448 e. The van der Waals surface area contributed by atoms with Crippen molar-refractivity contribution in [3.05, 3.63) is 94.5 Å². The van der Waals surface area contributed by atoms with Crippen LogP contribution in [0.4, 0.5) is 18.0 Å². The van der Waals surface area contributed by atoms with Crippen molar-refractivity contribution in [3.8, 4) is 17.2 Å². The van der Waals surface area contributed by atoms with Gasteiger partial charge in [0.1, 0.15) is 6.61 Å². The van der Waals surface area contributed by atoms with Crippen molar-refractivity contribution in [2.75, 3.05) is 6.61 Å². The highest BCUT2D eigenvalue weighted by Crippen LogP contribution is 2.45. The fraction of sp³-hybridized carbons (Fsp3) is 0.344. The Bertz CT molecular complexity index is 1470. The molecule has 2 atom stereocenters. The first-order valence-electron chi connectivity index (χ1n) is 13.5. The third kappa shape index (κ3) is 4.64. The molecule has 0 N–H and O–H groups in total. The van der Waals surface area contributed by atoms with Gasteiger partial charge < -0.3 is 9.64 Å². The lowest BCUT2D eigenvalue weighted by molar-refractivity contribution is -0.137. The number of nitriles is 1. The van der Waals surface area contributed by atoms with Gasteiger partial charge in [-0.3, -0.25) is 4.79 Å². The third-order valence-corrected chi connectivity index (χ3v) is 8.57. The maximum absolute atomic E-state index is 13.4. The molecule has 2 aliphatic heterocycles. The van der Waals surface area contributed by atoms with Crippen LogP contribution in [0.15, 0.2) is 66.7 Å². The van der Waals surface area contributed by atoms with Crippen molar-refractivity contribution < 1.29 is 27.5 Å². The first-order chi connectivity index (χ1) is 19.2. The van der Waals surface area contributed by atoms with Crippen molar-refractivity contribution in [2.24, 2.45) is 5.92 Å². The highest BCUT2D eigenvalue weighted by Gasteiger charge is 2.44. The molecule has 40 heavy (non-hydrogen) atoms. The fourth-order valence-corrected chi connectivity index (χ4v) is 6.80. The molecule has 0 saturated carbocycles. The van der Waals surface area contributed by atoms with E-state index in [-0.39, 0.29) is 35.7 Å². The number of fused-ring (bicyclic) bond motifs is 5. The van der Waals surface area contributed by atoms with E-state index < -0.39 is 29.5 Å². The first kappa shape index (κ1) is 26.1. The Labute approximate surface area is 230 Å². The predicted octanol–water partition coefficient (Wildman–Crippen LogP) is 7.34. The Balaban J connectivity index is 1.18. The Morgan fingerprint density at radius 3 is 2.10 bits per heavy atom. The maximum Gasteiger partial charge on any atom is 0.416 e. The van der Waals surface area contributed by atoms with Crippen molar-refractivity contribution in [2.45, 2.75) is 56.3 Å². The van der Waals surface area contributed by atoms with E-state index in [0.29, 0.717) is 25.7 Å². The number of carbonyl (C=O) groups excluding carboxylic acids is 2. The molecule has 2 unspecified atom stereocenters. The molecule has 2 heterocycles. The molecule has 0 aromatic heterocycles. The number of piperidine rings is 2. The van der Waals surface area contributed by atoms with Gasteiger partial charge in [-0.25, -0.2) is 4.79 Å². The summed E-state index contributed by atoms with van der Waals surface area (Å²) in [6, 6.07) is 20.3. The van der Waals surface area contributed by atoms with Crippen LogP contribution in [-0.4, -0.2) is 35.5 Å². The summed E-state index contributed by atoms with van der Waals surface area (Å²) >= 11 is 0. The Morgan fingerprint density at radius 1 is 0.925 bits per heavy atom. The molecule has 2 bridgehead atoms. The second kappa shape index (κ2) is 10.1. The van der Waals surface area contributed by atoms with E-state index in [1.807, 2.05) is 24.3 Å². The number of nitrogens with zero attached hydrogens (tertiary/aromatic N) is 2. The summed E-state index contributed by atoms with van der Waals surface area (Å²) in [5.74, 6) is -1.000. The number of Topliss-reactive ketones (excluding diaryl/α,β-unsaturated/α-hetero) is 1. The Hall–Kier alpha value is -4.12. The van der Waals surface area contributed by atoms with Crippen molar-refractivity contribution in [1.29, 1.82) is 5.26 Å². The molecule has 3 aliphatic rings. The number of rotatable bonds is 4. The summed E-state index contributed by atoms with van der Waals surface area (Å²) in [6.07, 6.45) is -2.03. The van der Waals surface area contributed by atoms with Crippen LogP contribution < -0.4 is 0 Å². The molecule has 3 aromatic carbocycles. The van der Waals surface area contributed by atoms with Gasteiger partial charge in [0.05, 0.1) is 17.2 Å². The Kier molecular flexibility index (Phi) is 6.61. The van der Waals surface area contributed by atoms with Gasteiger partial charge in [0.2, 0.25) is 0 Å². The van der Waals surface area contributed by atoms with Gasteiger partial charge >= 0.3 is 12.3 Å². The van der Waals surface area contributed by atoms with E-state index in [4.69, 9.17) is 4.74 Å². The van der Waals surface area contributed by atoms with E-state index in [9.17, 15) is 28.0 Å². The molecule has 0 radical (unpaired) electrons. The van der Waals surface area contributed by atoms with Gasteiger partial charge in [0.15, 0.2) is 5.78 Å². The van der Waals surface area contributed by atoms with Crippen LogP contribution in [0, 0.1) is 17.2 Å². The standard InChI is InChI=1S/C32H27F3N2O3/c33-32(34,35)22-13-19(17-36)12-20(14-22)30(38)21-15-23-6-5-7-24(16-21)37(23)31(39)40-18-29-27-10-3-1-8-25(27)26-9-2-4-11-28(26)29/h1-4,8-14,21,23-24,29H,5-7,15-16,18H2. The van der Waals surface area contributed by atoms with Crippen LogP contribution in [0.5, 0.6) is 0 Å². The number of ketones is 1. The lowest BCUT2D eigenvalue weighted by atomic mass is 9.75. The Morgan fingerprint density at radius 2 is 1.52 bits per heavy atom. The fourth-order valence-electron chi connectivity index (χ4n) is 6.80. The molecule has 6 rings (SSSR count). The molecule has 3 aromatic rings. The molecule has 0 spiro atoms. The van der Waals surface area contributed by atoms with Crippen molar-refractivity contribution in [1.82, 2.24) is 4.90 Å². The number of benzene rings is 3. The monoisotopic (exact) mass is 544 g/mol. The van der Waals surface area contributed by atoms with Crippen LogP contribution in [0.2, 0.25) is 0 Å². The largest absolute Gasteiger partial charge is 0.448 e. The highest BCUT2D eigenvalue weighted by atomic mass is 19.4. The van der Waals surface area contributed by atoms with Gasteiger partial charge in [-0.2, -0.15) is 18.4 Å². The van der Waals surface area contributed by atoms with Gasteiger partial charge in [-0.05, 0) is 72.6 Å². The summed E-state index contributed by atoms with van der Waals surface area (Å²) in [5, 5.41) is 9.22. The highest BCUT2D eigenvalue weighted by molar-refractivity contribution is 5.98. The lowest BCUT2D eigenvalue weighted by Crippen LogP contribution is -2.55.